The minimum Gasteiger partial charge on any atom is -0.493 e. The molecule has 0 aliphatic carbocycles. The Kier molecular flexibility index (Phi) is 10.6. The molecule has 2 nitrogen and oxygen atoms in total. The van der Waals surface area contributed by atoms with Gasteiger partial charge < -0.3 is 9.47 Å². The second-order valence-corrected chi connectivity index (χ2v) is 6.54. The first-order chi connectivity index (χ1) is 14.0. The molecule has 2 aromatic rings. The number of benzene rings is 2. The fraction of sp³-hybridized carbons (Fsp3) is 0.500. The van der Waals surface area contributed by atoms with Crippen LogP contribution >= 0.6 is 0 Å². The standard InChI is InChI=1S/C10H10F2O.C10H11FO.2C2H6/c1-6-4-5-13-10-7(6)2-3-8(11)9(10)12;1-7-4-5-12-10-6-8(11)2-3-9(7)10;2*1-2/h2-3,6H,4-5H2,1H3;2-3,6-7H,4-5H2,1H3;2*1-2H3. The maximum atomic E-state index is 13.2. The smallest absolute Gasteiger partial charge is 0.200 e. The third-order valence-corrected chi connectivity index (χ3v) is 4.72. The molecule has 2 atom stereocenters. The van der Waals surface area contributed by atoms with Crippen molar-refractivity contribution in [3.63, 3.8) is 0 Å². The molecule has 0 spiro atoms. The van der Waals surface area contributed by atoms with Crippen LogP contribution in [0.5, 0.6) is 11.5 Å². The molecule has 4 rings (SSSR count). The zero-order valence-electron chi connectivity index (χ0n) is 18.3. The Morgan fingerprint density at radius 3 is 1.97 bits per heavy atom. The van der Waals surface area contributed by atoms with Gasteiger partial charge in [-0.25, -0.2) is 8.78 Å². The molecule has 0 N–H and O–H groups in total. The fourth-order valence-corrected chi connectivity index (χ4v) is 3.12. The second kappa shape index (κ2) is 12.4. The highest BCUT2D eigenvalue weighted by atomic mass is 19.2. The third kappa shape index (κ3) is 6.41. The van der Waals surface area contributed by atoms with Crippen molar-refractivity contribution in [2.45, 2.75) is 66.2 Å². The first kappa shape index (κ1) is 24.9. The minimum atomic E-state index is -0.857. The van der Waals surface area contributed by atoms with Gasteiger partial charge in [-0.15, -0.1) is 0 Å². The van der Waals surface area contributed by atoms with E-state index >= 15 is 0 Å². The zero-order valence-corrected chi connectivity index (χ0v) is 18.3. The molecule has 2 unspecified atom stereocenters. The molecular weight excluding hydrogens is 377 g/mol. The topological polar surface area (TPSA) is 18.5 Å². The van der Waals surface area contributed by atoms with E-state index < -0.39 is 11.6 Å². The van der Waals surface area contributed by atoms with E-state index in [1.165, 1.54) is 12.1 Å². The van der Waals surface area contributed by atoms with Crippen LogP contribution in [0, 0.1) is 17.5 Å². The van der Waals surface area contributed by atoms with E-state index in [2.05, 4.69) is 6.92 Å². The molecule has 0 saturated heterocycles. The van der Waals surface area contributed by atoms with E-state index in [9.17, 15) is 13.2 Å². The van der Waals surface area contributed by atoms with Crippen LogP contribution in [0.2, 0.25) is 0 Å². The largest absolute Gasteiger partial charge is 0.493 e. The van der Waals surface area contributed by atoms with Crippen LogP contribution in [-0.2, 0) is 0 Å². The number of hydrogen-bond acceptors (Lipinski definition) is 2. The molecule has 0 radical (unpaired) electrons. The number of rotatable bonds is 0. The summed E-state index contributed by atoms with van der Waals surface area (Å²) in [4.78, 5) is 0. The van der Waals surface area contributed by atoms with Gasteiger partial charge in [0.05, 0.1) is 13.2 Å². The summed E-state index contributed by atoms with van der Waals surface area (Å²) >= 11 is 0. The van der Waals surface area contributed by atoms with Gasteiger partial charge in [-0.1, -0.05) is 53.7 Å². The summed E-state index contributed by atoms with van der Waals surface area (Å²) in [5, 5.41) is 0. The average molecular weight is 411 g/mol. The van der Waals surface area contributed by atoms with Crippen LogP contribution in [-0.4, -0.2) is 13.2 Å². The normalized spacial score (nSPS) is 18.5. The molecule has 0 fully saturated rings. The van der Waals surface area contributed by atoms with Gasteiger partial charge in [-0.2, -0.15) is 4.39 Å². The Labute approximate surface area is 173 Å². The van der Waals surface area contributed by atoms with Gasteiger partial charge in [0.1, 0.15) is 11.6 Å². The Bertz CT molecular complexity index is 762. The van der Waals surface area contributed by atoms with E-state index in [1.807, 2.05) is 40.7 Å². The number of ether oxygens (including phenoxy) is 2. The lowest BCUT2D eigenvalue weighted by Crippen LogP contribution is -2.13. The molecule has 2 heterocycles. The van der Waals surface area contributed by atoms with E-state index in [-0.39, 0.29) is 17.5 Å². The van der Waals surface area contributed by atoms with Gasteiger partial charge in [-0.05, 0) is 42.4 Å². The molecule has 2 aliphatic heterocycles. The maximum absolute atomic E-state index is 13.2. The van der Waals surface area contributed by atoms with Gasteiger partial charge in [0.2, 0.25) is 5.82 Å². The van der Waals surface area contributed by atoms with Gasteiger partial charge in [-0.3, -0.25) is 0 Å². The van der Waals surface area contributed by atoms with Gasteiger partial charge in [0.15, 0.2) is 11.6 Å². The van der Waals surface area contributed by atoms with Crippen molar-refractivity contribution in [2.24, 2.45) is 0 Å². The van der Waals surface area contributed by atoms with E-state index in [0.717, 1.165) is 30.0 Å². The maximum Gasteiger partial charge on any atom is 0.200 e. The average Bonchev–Trinajstić information content (AvgIpc) is 2.75. The first-order valence-corrected chi connectivity index (χ1v) is 10.5. The lowest BCUT2D eigenvalue weighted by molar-refractivity contribution is 0.253. The molecular formula is C24H33F3O2. The molecule has 29 heavy (non-hydrogen) atoms. The minimum absolute atomic E-state index is 0.0961. The molecule has 0 saturated carbocycles. The van der Waals surface area contributed by atoms with Crippen molar-refractivity contribution < 1.29 is 22.6 Å². The molecule has 162 valence electrons. The van der Waals surface area contributed by atoms with Crippen LogP contribution in [0.1, 0.15) is 77.3 Å². The summed E-state index contributed by atoms with van der Waals surface area (Å²) < 4.78 is 49.1. The lowest BCUT2D eigenvalue weighted by atomic mass is 9.95. The Balaban J connectivity index is 0.000000248. The summed E-state index contributed by atoms with van der Waals surface area (Å²) in [6.45, 7) is 13.3. The number of fused-ring (bicyclic) bond motifs is 2. The van der Waals surface area contributed by atoms with Crippen molar-refractivity contribution in [3.8, 4) is 11.5 Å². The molecule has 5 heteroatoms. The van der Waals surface area contributed by atoms with E-state index in [0.29, 0.717) is 24.9 Å². The summed E-state index contributed by atoms with van der Waals surface area (Å²) in [6.07, 6.45) is 1.89. The molecule has 0 amide bonds. The molecule has 2 aromatic carbocycles. The van der Waals surface area contributed by atoms with Crippen molar-refractivity contribution in [1.82, 2.24) is 0 Å². The summed E-state index contributed by atoms with van der Waals surface area (Å²) in [6, 6.07) is 7.51. The van der Waals surface area contributed by atoms with Crippen LogP contribution in [0.3, 0.4) is 0 Å². The predicted octanol–water partition coefficient (Wildman–Crippen LogP) is 7.61. The third-order valence-electron chi connectivity index (χ3n) is 4.72. The Morgan fingerprint density at radius 1 is 0.759 bits per heavy atom. The molecule has 0 bridgehead atoms. The molecule has 0 aromatic heterocycles. The SMILES string of the molecule is CC.CC.CC1CCOc2c1ccc(F)c2F.CC1CCOc2cc(F)ccc21. The Morgan fingerprint density at radius 2 is 1.31 bits per heavy atom. The summed E-state index contributed by atoms with van der Waals surface area (Å²) in [5.74, 6) is -0.361. The number of hydrogen-bond donors (Lipinski definition) is 0. The van der Waals surface area contributed by atoms with Crippen molar-refractivity contribution in [2.75, 3.05) is 13.2 Å². The van der Waals surface area contributed by atoms with Crippen LogP contribution in [0.15, 0.2) is 30.3 Å². The number of halogens is 3. The van der Waals surface area contributed by atoms with Crippen LogP contribution < -0.4 is 9.47 Å². The van der Waals surface area contributed by atoms with Crippen LogP contribution in [0.25, 0.3) is 0 Å². The van der Waals surface area contributed by atoms with Crippen molar-refractivity contribution >= 4 is 0 Å². The quantitative estimate of drug-likeness (QED) is 0.445. The first-order valence-electron chi connectivity index (χ1n) is 10.5. The van der Waals surface area contributed by atoms with Crippen LogP contribution in [0.4, 0.5) is 13.2 Å². The van der Waals surface area contributed by atoms with E-state index in [4.69, 9.17) is 9.47 Å². The zero-order chi connectivity index (χ0) is 22.0. The lowest BCUT2D eigenvalue weighted by Gasteiger charge is -2.23. The van der Waals surface area contributed by atoms with Gasteiger partial charge in [0.25, 0.3) is 0 Å². The van der Waals surface area contributed by atoms with Crippen molar-refractivity contribution in [3.05, 3.63) is 58.9 Å². The van der Waals surface area contributed by atoms with Gasteiger partial charge >= 0.3 is 0 Å². The highest BCUT2D eigenvalue weighted by molar-refractivity contribution is 5.39. The monoisotopic (exact) mass is 410 g/mol. The van der Waals surface area contributed by atoms with E-state index in [1.54, 1.807) is 6.07 Å². The molecule has 2 aliphatic rings. The highest BCUT2D eigenvalue weighted by Crippen LogP contribution is 2.36. The van der Waals surface area contributed by atoms with Crippen molar-refractivity contribution in [1.29, 1.82) is 0 Å². The van der Waals surface area contributed by atoms with Gasteiger partial charge in [0, 0.05) is 11.6 Å². The summed E-state index contributed by atoms with van der Waals surface area (Å²) in [5.41, 5.74) is 1.90. The predicted molar refractivity (Wildman–Crippen MR) is 113 cm³/mol. The fourth-order valence-electron chi connectivity index (χ4n) is 3.12. The summed E-state index contributed by atoms with van der Waals surface area (Å²) in [7, 11) is 0. The second-order valence-electron chi connectivity index (χ2n) is 6.54. The Hall–Kier alpha value is -2.17. The highest BCUT2D eigenvalue weighted by Gasteiger charge is 2.22.